The summed E-state index contributed by atoms with van der Waals surface area (Å²) >= 11 is 0. The van der Waals surface area contributed by atoms with Crippen molar-refractivity contribution in [3.05, 3.63) is 0 Å². The minimum Gasteiger partial charge on any atom is -0.391 e. The van der Waals surface area contributed by atoms with Crippen LogP contribution < -0.4 is 5.32 Å². The standard InChI is InChI=1S/C10H23NO7S/c1-6(12)10(7(2)13,8(3)14)11-4-9(15)5-19(16,17)18/h6-9,11-15H,4-5H2,1-3H3,(H,16,17,18). The molecule has 0 amide bonds. The van der Waals surface area contributed by atoms with Crippen LogP contribution in [-0.4, -0.2) is 75.6 Å². The number of aliphatic hydroxyl groups excluding tert-OH is 4. The van der Waals surface area contributed by atoms with Crippen molar-refractivity contribution in [3.63, 3.8) is 0 Å². The van der Waals surface area contributed by atoms with Crippen LogP contribution in [0.1, 0.15) is 20.8 Å². The fraction of sp³-hybridized carbons (Fsp3) is 1.00. The molecular weight excluding hydrogens is 278 g/mol. The summed E-state index contributed by atoms with van der Waals surface area (Å²) in [5.74, 6) is -0.879. The molecule has 0 aliphatic rings. The van der Waals surface area contributed by atoms with E-state index in [2.05, 4.69) is 5.32 Å². The molecule has 0 aromatic rings. The molecule has 0 fully saturated rings. The molecule has 0 heterocycles. The van der Waals surface area contributed by atoms with E-state index >= 15 is 0 Å². The van der Waals surface area contributed by atoms with Crippen LogP contribution in [0.5, 0.6) is 0 Å². The summed E-state index contributed by atoms with van der Waals surface area (Å²) in [6.45, 7) is 3.71. The van der Waals surface area contributed by atoms with Gasteiger partial charge in [-0.3, -0.25) is 4.55 Å². The van der Waals surface area contributed by atoms with E-state index in [-0.39, 0.29) is 6.54 Å². The molecule has 0 aliphatic carbocycles. The monoisotopic (exact) mass is 301 g/mol. The van der Waals surface area contributed by atoms with Gasteiger partial charge in [0.05, 0.1) is 30.0 Å². The Morgan fingerprint density at radius 3 is 1.63 bits per heavy atom. The lowest BCUT2D eigenvalue weighted by molar-refractivity contribution is -0.0838. The van der Waals surface area contributed by atoms with Gasteiger partial charge in [-0.1, -0.05) is 0 Å². The van der Waals surface area contributed by atoms with E-state index in [0.717, 1.165) is 0 Å². The van der Waals surface area contributed by atoms with E-state index in [9.17, 15) is 28.8 Å². The van der Waals surface area contributed by atoms with Gasteiger partial charge in [0.2, 0.25) is 0 Å². The smallest absolute Gasteiger partial charge is 0.267 e. The highest BCUT2D eigenvalue weighted by Gasteiger charge is 2.44. The average Bonchev–Trinajstić information content (AvgIpc) is 2.13. The molecule has 0 bridgehead atoms. The molecule has 0 rings (SSSR count). The molecule has 0 aromatic carbocycles. The van der Waals surface area contributed by atoms with Crippen LogP contribution in [0.25, 0.3) is 0 Å². The quantitative estimate of drug-likeness (QED) is 0.274. The van der Waals surface area contributed by atoms with Crippen molar-refractivity contribution >= 4 is 10.1 Å². The Hall–Kier alpha value is -0.290. The Kier molecular flexibility index (Phi) is 6.83. The van der Waals surface area contributed by atoms with Gasteiger partial charge in [0.25, 0.3) is 10.1 Å². The van der Waals surface area contributed by atoms with Crippen molar-refractivity contribution in [1.29, 1.82) is 0 Å². The Morgan fingerprint density at radius 1 is 1.00 bits per heavy atom. The molecule has 0 saturated carbocycles. The summed E-state index contributed by atoms with van der Waals surface area (Å²) in [5, 5.41) is 41.2. The molecule has 19 heavy (non-hydrogen) atoms. The zero-order chi connectivity index (χ0) is 15.4. The second-order valence-electron chi connectivity index (χ2n) is 4.74. The fourth-order valence-electron chi connectivity index (χ4n) is 2.09. The minimum atomic E-state index is -4.33. The van der Waals surface area contributed by atoms with Crippen LogP contribution >= 0.6 is 0 Å². The van der Waals surface area contributed by atoms with Gasteiger partial charge in [-0.25, -0.2) is 0 Å². The highest BCUT2D eigenvalue weighted by molar-refractivity contribution is 7.85. The highest BCUT2D eigenvalue weighted by Crippen LogP contribution is 2.21. The maximum Gasteiger partial charge on any atom is 0.267 e. The SMILES string of the molecule is CC(O)C(NCC(O)CS(=O)(=O)O)(C(C)O)C(C)O. The maximum absolute atomic E-state index is 10.6. The lowest BCUT2D eigenvalue weighted by Gasteiger charge is -2.43. The van der Waals surface area contributed by atoms with Gasteiger partial charge >= 0.3 is 0 Å². The van der Waals surface area contributed by atoms with Crippen molar-refractivity contribution in [3.8, 4) is 0 Å². The molecule has 0 aliphatic heterocycles. The normalized spacial score (nSPS) is 22.3. The molecule has 9 heteroatoms. The van der Waals surface area contributed by atoms with Gasteiger partial charge in [0.15, 0.2) is 0 Å². The van der Waals surface area contributed by atoms with Gasteiger partial charge in [0.1, 0.15) is 5.75 Å². The zero-order valence-corrected chi connectivity index (χ0v) is 12.0. The van der Waals surface area contributed by atoms with Crippen molar-refractivity contribution in [2.75, 3.05) is 12.3 Å². The fourth-order valence-corrected chi connectivity index (χ4v) is 2.69. The Morgan fingerprint density at radius 2 is 1.37 bits per heavy atom. The minimum absolute atomic E-state index is 0.333. The number of nitrogens with one attached hydrogen (secondary N) is 1. The van der Waals surface area contributed by atoms with Gasteiger partial charge in [-0.2, -0.15) is 8.42 Å². The van der Waals surface area contributed by atoms with Gasteiger partial charge in [-0.15, -0.1) is 0 Å². The maximum atomic E-state index is 10.6. The van der Waals surface area contributed by atoms with Crippen LogP contribution in [0.3, 0.4) is 0 Å². The Labute approximate surface area is 112 Å². The lowest BCUT2D eigenvalue weighted by Crippen LogP contribution is -2.68. The largest absolute Gasteiger partial charge is 0.391 e. The topological polar surface area (TPSA) is 147 Å². The van der Waals surface area contributed by atoms with Gasteiger partial charge in [-0.05, 0) is 20.8 Å². The molecule has 0 aromatic heterocycles. The van der Waals surface area contributed by atoms with Crippen LogP contribution in [0.2, 0.25) is 0 Å². The van der Waals surface area contributed by atoms with Crippen LogP contribution in [0.15, 0.2) is 0 Å². The summed E-state index contributed by atoms with van der Waals surface area (Å²) in [4.78, 5) is 0. The lowest BCUT2D eigenvalue weighted by atomic mass is 9.82. The first-order valence-electron chi connectivity index (χ1n) is 5.86. The van der Waals surface area contributed by atoms with Crippen molar-refractivity contribution in [2.24, 2.45) is 0 Å². The first-order valence-corrected chi connectivity index (χ1v) is 7.46. The molecule has 0 spiro atoms. The summed E-state index contributed by atoms with van der Waals surface area (Å²) < 4.78 is 29.8. The van der Waals surface area contributed by atoms with E-state index in [0.29, 0.717) is 0 Å². The van der Waals surface area contributed by atoms with Gasteiger partial charge in [0, 0.05) is 6.54 Å². The molecule has 4 atom stereocenters. The third-order valence-electron chi connectivity index (χ3n) is 3.12. The van der Waals surface area contributed by atoms with E-state index in [4.69, 9.17) is 4.55 Å². The number of hydrogen-bond acceptors (Lipinski definition) is 7. The molecule has 8 nitrogen and oxygen atoms in total. The first kappa shape index (κ1) is 18.7. The average molecular weight is 301 g/mol. The highest BCUT2D eigenvalue weighted by atomic mass is 32.2. The van der Waals surface area contributed by atoms with E-state index in [1.807, 2.05) is 0 Å². The van der Waals surface area contributed by atoms with E-state index in [1.165, 1.54) is 20.8 Å². The summed E-state index contributed by atoms with van der Waals surface area (Å²) in [5.41, 5.74) is -1.51. The second kappa shape index (κ2) is 6.93. The third-order valence-corrected chi connectivity index (χ3v) is 3.93. The van der Waals surface area contributed by atoms with Crippen molar-refractivity contribution in [1.82, 2.24) is 5.32 Å². The molecular formula is C10H23NO7S. The number of aliphatic hydroxyl groups is 4. The zero-order valence-electron chi connectivity index (χ0n) is 11.2. The molecule has 116 valence electrons. The van der Waals surface area contributed by atoms with E-state index < -0.39 is 45.8 Å². The molecule has 0 radical (unpaired) electrons. The van der Waals surface area contributed by atoms with E-state index in [1.54, 1.807) is 0 Å². The first-order chi connectivity index (χ1) is 8.43. The van der Waals surface area contributed by atoms with Crippen LogP contribution in [-0.2, 0) is 10.1 Å². The number of hydrogen-bond donors (Lipinski definition) is 6. The predicted octanol–water partition coefficient (Wildman–Crippen LogP) is -2.29. The number of β-amino-alcohol motifs (C(OH)–C–C–N with tert-alkyl or cyclic N) is 1. The van der Waals surface area contributed by atoms with Gasteiger partial charge < -0.3 is 25.7 Å². The Balaban J connectivity index is 4.86. The molecule has 4 unspecified atom stereocenters. The van der Waals surface area contributed by atoms with Crippen molar-refractivity contribution < 1.29 is 33.4 Å². The van der Waals surface area contributed by atoms with Crippen molar-refractivity contribution in [2.45, 2.75) is 50.7 Å². The van der Waals surface area contributed by atoms with Crippen LogP contribution in [0.4, 0.5) is 0 Å². The van der Waals surface area contributed by atoms with Crippen LogP contribution in [0, 0.1) is 0 Å². The molecule has 0 saturated heterocycles. The number of rotatable bonds is 8. The third kappa shape index (κ3) is 5.30. The Bertz CT molecular complexity index is 344. The predicted molar refractivity (Wildman–Crippen MR) is 68.2 cm³/mol. The summed E-state index contributed by atoms with van der Waals surface area (Å²) in [6.07, 6.45) is -4.92. The summed E-state index contributed by atoms with van der Waals surface area (Å²) in [7, 11) is -4.33. The summed E-state index contributed by atoms with van der Waals surface area (Å²) in [6, 6.07) is 0. The molecule has 6 N–H and O–H groups in total. The second-order valence-corrected chi connectivity index (χ2v) is 6.24.